The second-order valence-corrected chi connectivity index (χ2v) is 6.11. The van der Waals surface area contributed by atoms with E-state index in [1.807, 2.05) is 0 Å². The van der Waals surface area contributed by atoms with Gasteiger partial charge in [-0.2, -0.15) is 0 Å². The predicted molar refractivity (Wildman–Crippen MR) is 83.1 cm³/mol. The molecule has 22 heavy (non-hydrogen) atoms. The van der Waals surface area contributed by atoms with E-state index in [2.05, 4.69) is 6.92 Å². The lowest BCUT2D eigenvalue weighted by atomic mass is 10.1. The molecule has 0 aliphatic carbocycles. The minimum Gasteiger partial charge on any atom is -0.465 e. The van der Waals surface area contributed by atoms with Crippen LogP contribution in [0.2, 0.25) is 0 Å². The number of phosphoric acid groups is 1. The molecule has 3 N–H and O–H groups in total. The summed E-state index contributed by atoms with van der Waals surface area (Å²) >= 11 is 0. The van der Waals surface area contributed by atoms with Gasteiger partial charge in [-0.3, -0.25) is 9.59 Å². The van der Waals surface area contributed by atoms with Crippen molar-refractivity contribution in [2.75, 3.05) is 6.61 Å². The molecular weight excluding hydrogens is 311 g/mol. The van der Waals surface area contributed by atoms with E-state index in [1.165, 1.54) is 45.4 Å². The Labute approximate surface area is 132 Å². The fraction of sp³-hybridized carbons (Fsp3) is 0.857. The van der Waals surface area contributed by atoms with E-state index in [0.29, 0.717) is 6.61 Å². The number of rotatable bonds is 11. The molecule has 0 unspecified atom stereocenters. The number of esters is 1. The summed E-state index contributed by atoms with van der Waals surface area (Å²) in [5.74, 6) is -0.522. The predicted octanol–water partition coefficient (Wildman–Crippen LogP) is 2.72. The lowest BCUT2D eigenvalue weighted by Gasteiger charge is -2.03. The van der Waals surface area contributed by atoms with Crippen LogP contribution in [0.25, 0.3) is 0 Å². The van der Waals surface area contributed by atoms with Gasteiger partial charge < -0.3 is 19.4 Å². The first kappa shape index (κ1) is 23.5. The van der Waals surface area contributed by atoms with Crippen molar-refractivity contribution >= 4 is 19.6 Å². The molecule has 0 fully saturated rings. The molecule has 0 bridgehead atoms. The first-order chi connectivity index (χ1) is 10.2. The summed E-state index contributed by atoms with van der Waals surface area (Å²) in [5.41, 5.74) is 0. The van der Waals surface area contributed by atoms with Crippen LogP contribution in [0.4, 0.5) is 0 Å². The second-order valence-electron chi connectivity index (χ2n) is 5.09. The van der Waals surface area contributed by atoms with Gasteiger partial charge in [0, 0.05) is 0 Å². The van der Waals surface area contributed by atoms with Gasteiger partial charge in [0.25, 0.3) is 0 Å². The summed E-state index contributed by atoms with van der Waals surface area (Å²) in [7, 11) is -4.64. The van der Waals surface area contributed by atoms with Crippen molar-refractivity contribution in [1.29, 1.82) is 0 Å². The Morgan fingerprint density at radius 3 is 1.73 bits per heavy atom. The highest BCUT2D eigenvalue weighted by molar-refractivity contribution is 7.45. The number of carbonyl (C=O) groups excluding carboxylic acids is 2. The number of hydrogen-bond acceptors (Lipinski definition) is 4. The van der Waals surface area contributed by atoms with Gasteiger partial charge in [-0.1, -0.05) is 51.9 Å². The first-order valence-electron chi connectivity index (χ1n) is 7.60. The largest absolute Gasteiger partial charge is 0.466 e. The van der Waals surface area contributed by atoms with Gasteiger partial charge in [-0.15, -0.1) is 0 Å². The molecule has 0 saturated carbocycles. The monoisotopic (exact) mass is 340 g/mol. The maximum atomic E-state index is 11.0. The summed E-state index contributed by atoms with van der Waals surface area (Å²) < 4.78 is 13.8. The average Bonchev–Trinajstić information content (AvgIpc) is 2.34. The number of hydrogen-bond donors (Lipinski definition) is 3. The first-order valence-corrected chi connectivity index (χ1v) is 9.16. The number of ketones is 1. The van der Waals surface area contributed by atoms with Crippen LogP contribution in [0.15, 0.2) is 0 Å². The summed E-state index contributed by atoms with van der Waals surface area (Å²) in [6.07, 6.45) is 9.71. The Bertz CT molecular complexity index is 330. The lowest BCUT2D eigenvalue weighted by Crippen LogP contribution is -2.09. The lowest BCUT2D eigenvalue weighted by molar-refractivity contribution is -0.145. The van der Waals surface area contributed by atoms with Crippen molar-refractivity contribution in [3.05, 3.63) is 0 Å². The van der Waals surface area contributed by atoms with E-state index in [-0.39, 0.29) is 18.2 Å². The summed E-state index contributed by atoms with van der Waals surface area (Å²) in [6, 6.07) is 0. The molecule has 0 rings (SSSR count). The van der Waals surface area contributed by atoms with Gasteiger partial charge in [0.15, 0.2) is 0 Å². The van der Waals surface area contributed by atoms with Crippen LogP contribution in [0.3, 0.4) is 0 Å². The van der Waals surface area contributed by atoms with Gasteiger partial charge in [0.05, 0.1) is 6.61 Å². The Morgan fingerprint density at radius 1 is 0.909 bits per heavy atom. The van der Waals surface area contributed by atoms with Crippen LogP contribution in [-0.2, 0) is 18.9 Å². The highest BCUT2D eigenvalue weighted by Crippen LogP contribution is 2.25. The van der Waals surface area contributed by atoms with Crippen molar-refractivity contribution in [2.24, 2.45) is 0 Å². The highest BCUT2D eigenvalue weighted by Gasteiger charge is 2.05. The zero-order valence-corrected chi connectivity index (χ0v) is 14.4. The summed E-state index contributed by atoms with van der Waals surface area (Å²) in [6.45, 7) is 4.08. The molecule has 0 aliphatic heterocycles. The number of ether oxygens (including phenoxy) is 1. The fourth-order valence-corrected chi connectivity index (χ4v) is 1.68. The molecule has 0 atom stereocenters. The second kappa shape index (κ2) is 15.2. The SMILES string of the molecule is CCCCCCCCCCOC(=O)CC(C)=O.O=P(O)(O)O. The van der Waals surface area contributed by atoms with Gasteiger partial charge in [0.2, 0.25) is 0 Å². The normalized spacial score (nSPS) is 10.6. The van der Waals surface area contributed by atoms with Crippen molar-refractivity contribution in [3.8, 4) is 0 Å². The van der Waals surface area contributed by atoms with E-state index >= 15 is 0 Å². The molecule has 0 aromatic carbocycles. The minimum atomic E-state index is -4.64. The van der Waals surface area contributed by atoms with Crippen LogP contribution in [-0.4, -0.2) is 33.0 Å². The quantitative estimate of drug-likeness (QED) is 0.229. The zero-order valence-electron chi connectivity index (χ0n) is 13.5. The maximum absolute atomic E-state index is 11.0. The van der Waals surface area contributed by atoms with E-state index in [9.17, 15) is 9.59 Å². The van der Waals surface area contributed by atoms with Crippen molar-refractivity contribution in [1.82, 2.24) is 0 Å². The van der Waals surface area contributed by atoms with Crippen molar-refractivity contribution < 1.29 is 33.6 Å². The molecule has 132 valence electrons. The van der Waals surface area contributed by atoms with Gasteiger partial charge in [-0.25, -0.2) is 4.57 Å². The maximum Gasteiger partial charge on any atom is 0.466 e. The molecule has 0 aliphatic rings. The topological polar surface area (TPSA) is 121 Å². The minimum absolute atomic E-state index is 0.0863. The Balaban J connectivity index is 0. The van der Waals surface area contributed by atoms with E-state index < -0.39 is 7.82 Å². The van der Waals surface area contributed by atoms with Crippen LogP contribution in [0.5, 0.6) is 0 Å². The van der Waals surface area contributed by atoms with Crippen LogP contribution in [0, 0.1) is 0 Å². The van der Waals surface area contributed by atoms with Crippen molar-refractivity contribution in [2.45, 2.75) is 71.6 Å². The Hall–Kier alpha value is -0.750. The average molecular weight is 340 g/mol. The van der Waals surface area contributed by atoms with E-state index in [0.717, 1.165) is 12.8 Å². The third-order valence-corrected chi connectivity index (χ3v) is 2.65. The summed E-state index contributed by atoms with van der Waals surface area (Å²) in [4.78, 5) is 43.2. The highest BCUT2D eigenvalue weighted by atomic mass is 31.2. The van der Waals surface area contributed by atoms with Crippen molar-refractivity contribution in [3.63, 3.8) is 0 Å². The Kier molecular flexibility index (Phi) is 16.2. The smallest absolute Gasteiger partial charge is 0.465 e. The molecule has 0 heterocycles. The molecule has 0 aromatic heterocycles. The van der Waals surface area contributed by atoms with Crippen LogP contribution >= 0.6 is 7.82 Å². The van der Waals surface area contributed by atoms with Crippen LogP contribution in [0.1, 0.15) is 71.6 Å². The Morgan fingerprint density at radius 2 is 1.32 bits per heavy atom. The number of unbranched alkanes of at least 4 members (excludes halogenated alkanes) is 7. The third-order valence-electron chi connectivity index (χ3n) is 2.65. The number of carbonyl (C=O) groups is 2. The molecule has 0 amide bonds. The molecule has 0 spiro atoms. The van der Waals surface area contributed by atoms with E-state index in [1.54, 1.807) is 0 Å². The van der Waals surface area contributed by atoms with Crippen LogP contribution < -0.4 is 0 Å². The third kappa shape index (κ3) is 31.6. The standard InChI is InChI=1S/C14H26O3.H3O4P/c1-3-4-5-6-7-8-9-10-11-17-14(16)12-13(2)15;1-5(2,3)4/h3-12H2,1-2H3;(H3,1,2,3,4). The molecular formula is C14H29O7P. The molecule has 0 aromatic rings. The molecule has 0 saturated heterocycles. The van der Waals surface area contributed by atoms with E-state index in [4.69, 9.17) is 24.0 Å². The van der Waals surface area contributed by atoms with Gasteiger partial charge >= 0.3 is 13.8 Å². The summed E-state index contributed by atoms with van der Waals surface area (Å²) in [5, 5.41) is 0. The molecule has 7 nitrogen and oxygen atoms in total. The fourth-order valence-electron chi connectivity index (χ4n) is 1.68. The van der Waals surface area contributed by atoms with Gasteiger partial charge in [0.1, 0.15) is 12.2 Å². The molecule has 0 radical (unpaired) electrons. The number of Topliss-reactive ketones (excluding diaryl/α,β-unsaturated/α-hetero) is 1. The zero-order chi connectivity index (χ0) is 17.4. The molecule has 8 heteroatoms. The van der Waals surface area contributed by atoms with Gasteiger partial charge in [-0.05, 0) is 13.3 Å².